The van der Waals surface area contributed by atoms with Crippen LogP contribution in [-0.2, 0) is 11.2 Å². The van der Waals surface area contributed by atoms with E-state index in [1.54, 1.807) is 16.2 Å². The van der Waals surface area contributed by atoms with Crippen molar-refractivity contribution in [2.24, 2.45) is 0 Å². The maximum Gasteiger partial charge on any atom is 0.317 e. The number of hydrogen-bond donors (Lipinski definition) is 2. The third-order valence-corrected chi connectivity index (χ3v) is 4.63. The van der Waals surface area contributed by atoms with Gasteiger partial charge in [-0.3, -0.25) is 4.79 Å². The van der Waals surface area contributed by atoms with E-state index in [1.807, 2.05) is 43.5 Å². The van der Waals surface area contributed by atoms with E-state index in [0.29, 0.717) is 26.1 Å². The number of nitrogens with zero attached hydrogens (tertiary/aromatic N) is 2. The number of hydrogen-bond acceptors (Lipinski definition) is 4. The van der Waals surface area contributed by atoms with Crippen molar-refractivity contribution < 1.29 is 9.59 Å². The number of amides is 3. The van der Waals surface area contributed by atoms with Crippen LogP contribution in [0.2, 0.25) is 0 Å². The average molecular weight is 360 g/mol. The van der Waals surface area contributed by atoms with Crippen molar-refractivity contribution in [3.05, 3.63) is 34.7 Å². The van der Waals surface area contributed by atoms with Crippen LogP contribution < -0.4 is 10.6 Å². The van der Waals surface area contributed by atoms with Crippen LogP contribution in [0, 0.1) is 0 Å². The Bertz CT molecular complexity index is 708. The van der Waals surface area contributed by atoms with E-state index >= 15 is 0 Å². The first-order valence-corrected chi connectivity index (χ1v) is 9.26. The summed E-state index contributed by atoms with van der Waals surface area (Å²) in [5.74, 6) is -0.0875. The maximum atomic E-state index is 11.9. The molecule has 0 aliphatic rings. The topological polar surface area (TPSA) is 74.3 Å². The molecule has 0 atom stereocenters. The Hall–Kier alpha value is -2.41. The molecule has 0 unspecified atom stereocenters. The minimum absolute atomic E-state index is 0.0321. The zero-order chi connectivity index (χ0) is 18.2. The van der Waals surface area contributed by atoms with E-state index in [2.05, 4.69) is 15.6 Å². The molecule has 25 heavy (non-hydrogen) atoms. The quantitative estimate of drug-likeness (QED) is 0.795. The highest BCUT2D eigenvalue weighted by Gasteiger charge is 2.09. The summed E-state index contributed by atoms with van der Waals surface area (Å²) in [5.41, 5.74) is 2.68. The molecule has 0 aliphatic heterocycles. The largest absolute Gasteiger partial charge is 0.338 e. The number of benzene rings is 1. The highest BCUT2D eigenvalue weighted by molar-refractivity contribution is 7.09. The van der Waals surface area contributed by atoms with Crippen LogP contribution >= 0.6 is 11.3 Å². The van der Waals surface area contributed by atoms with Gasteiger partial charge in [-0.25, -0.2) is 9.78 Å². The summed E-state index contributed by atoms with van der Waals surface area (Å²) < 4.78 is 0. The molecular formula is C18H24N4O2S. The van der Waals surface area contributed by atoms with Gasteiger partial charge in [0, 0.05) is 49.6 Å². The van der Waals surface area contributed by atoms with Crippen molar-refractivity contribution in [1.29, 1.82) is 0 Å². The van der Waals surface area contributed by atoms with E-state index in [-0.39, 0.29) is 11.9 Å². The Morgan fingerprint density at radius 3 is 2.44 bits per heavy atom. The van der Waals surface area contributed by atoms with E-state index in [0.717, 1.165) is 22.0 Å². The predicted molar refractivity (Wildman–Crippen MR) is 102 cm³/mol. The number of anilines is 1. The molecule has 134 valence electrons. The fourth-order valence-electron chi connectivity index (χ4n) is 2.38. The van der Waals surface area contributed by atoms with Gasteiger partial charge in [-0.15, -0.1) is 11.3 Å². The number of urea groups is 1. The Morgan fingerprint density at radius 2 is 1.84 bits per heavy atom. The third kappa shape index (κ3) is 5.56. The molecule has 2 rings (SSSR count). The van der Waals surface area contributed by atoms with Gasteiger partial charge in [0.2, 0.25) is 5.91 Å². The third-order valence-electron chi connectivity index (χ3n) is 3.72. The number of aromatic nitrogens is 1. The molecule has 3 amide bonds. The van der Waals surface area contributed by atoms with Gasteiger partial charge in [-0.2, -0.15) is 0 Å². The molecule has 0 saturated heterocycles. The van der Waals surface area contributed by atoms with Gasteiger partial charge in [0.05, 0.1) is 10.7 Å². The molecule has 0 bridgehead atoms. The standard InChI is InChI=1S/C18H24N4O2S/c1-4-22(5-2)18(24)19-11-10-17-21-16(12-25-17)14-6-8-15(9-7-14)20-13(3)23/h6-9,12H,4-5,10-11H2,1-3H3,(H,19,24)(H,20,23). The zero-order valence-corrected chi connectivity index (χ0v) is 15.7. The Labute approximate surface area is 152 Å². The molecule has 1 aromatic heterocycles. The fourth-order valence-corrected chi connectivity index (χ4v) is 3.19. The Balaban J connectivity index is 1.89. The molecule has 2 aromatic rings. The van der Waals surface area contributed by atoms with Crippen LogP contribution in [-0.4, -0.2) is 41.5 Å². The summed E-state index contributed by atoms with van der Waals surface area (Å²) in [6.45, 7) is 7.40. The van der Waals surface area contributed by atoms with Gasteiger partial charge in [0.25, 0.3) is 0 Å². The summed E-state index contributed by atoms with van der Waals surface area (Å²) in [5, 5.41) is 8.66. The summed E-state index contributed by atoms with van der Waals surface area (Å²) in [7, 11) is 0. The van der Waals surface area contributed by atoms with Crippen molar-refractivity contribution in [2.45, 2.75) is 27.2 Å². The first kappa shape index (κ1) is 18.9. The Morgan fingerprint density at radius 1 is 1.16 bits per heavy atom. The lowest BCUT2D eigenvalue weighted by atomic mass is 10.1. The molecule has 0 spiro atoms. The average Bonchev–Trinajstić information content (AvgIpc) is 3.05. The van der Waals surface area contributed by atoms with Gasteiger partial charge in [-0.1, -0.05) is 12.1 Å². The number of carbonyl (C=O) groups excluding carboxylic acids is 2. The van der Waals surface area contributed by atoms with Crippen LogP contribution in [0.3, 0.4) is 0 Å². The van der Waals surface area contributed by atoms with E-state index < -0.39 is 0 Å². The lowest BCUT2D eigenvalue weighted by Gasteiger charge is -2.18. The van der Waals surface area contributed by atoms with E-state index in [9.17, 15) is 9.59 Å². The number of carbonyl (C=O) groups is 2. The molecule has 1 aromatic carbocycles. The lowest BCUT2D eigenvalue weighted by Crippen LogP contribution is -2.40. The molecule has 7 heteroatoms. The molecule has 0 aliphatic carbocycles. The van der Waals surface area contributed by atoms with Gasteiger partial charge < -0.3 is 15.5 Å². The first-order chi connectivity index (χ1) is 12.0. The summed E-state index contributed by atoms with van der Waals surface area (Å²) in [6, 6.07) is 7.56. The van der Waals surface area contributed by atoms with Gasteiger partial charge >= 0.3 is 6.03 Å². The van der Waals surface area contributed by atoms with Gasteiger partial charge in [0.1, 0.15) is 0 Å². The lowest BCUT2D eigenvalue weighted by molar-refractivity contribution is -0.114. The SMILES string of the molecule is CCN(CC)C(=O)NCCc1nc(-c2ccc(NC(C)=O)cc2)cs1. The molecule has 0 fully saturated rings. The van der Waals surface area contributed by atoms with Crippen molar-refractivity contribution >= 4 is 29.0 Å². The fraction of sp³-hybridized carbons (Fsp3) is 0.389. The summed E-state index contributed by atoms with van der Waals surface area (Å²) in [4.78, 5) is 29.3. The highest BCUT2D eigenvalue weighted by Crippen LogP contribution is 2.23. The Kier molecular flexibility index (Phi) is 6.94. The number of rotatable bonds is 7. The van der Waals surface area contributed by atoms with Crippen molar-refractivity contribution in [3.63, 3.8) is 0 Å². The summed E-state index contributed by atoms with van der Waals surface area (Å²) in [6.07, 6.45) is 0.710. The minimum Gasteiger partial charge on any atom is -0.338 e. The van der Waals surface area contributed by atoms with Crippen molar-refractivity contribution in [1.82, 2.24) is 15.2 Å². The van der Waals surface area contributed by atoms with Gasteiger partial charge in [-0.05, 0) is 26.0 Å². The number of thiazole rings is 1. The zero-order valence-electron chi connectivity index (χ0n) is 14.8. The maximum absolute atomic E-state index is 11.9. The van der Waals surface area contributed by atoms with E-state index in [1.165, 1.54) is 6.92 Å². The smallest absolute Gasteiger partial charge is 0.317 e. The van der Waals surface area contributed by atoms with Crippen LogP contribution in [0.1, 0.15) is 25.8 Å². The highest BCUT2D eigenvalue weighted by atomic mass is 32.1. The van der Waals surface area contributed by atoms with Crippen molar-refractivity contribution in [2.75, 3.05) is 25.0 Å². The second kappa shape index (κ2) is 9.17. The van der Waals surface area contributed by atoms with Crippen LogP contribution in [0.4, 0.5) is 10.5 Å². The molecule has 6 nitrogen and oxygen atoms in total. The molecular weight excluding hydrogens is 336 g/mol. The molecule has 0 saturated carbocycles. The normalized spacial score (nSPS) is 10.4. The molecule has 1 heterocycles. The minimum atomic E-state index is -0.0875. The first-order valence-electron chi connectivity index (χ1n) is 8.38. The van der Waals surface area contributed by atoms with Crippen molar-refractivity contribution in [3.8, 4) is 11.3 Å². The molecule has 0 radical (unpaired) electrons. The van der Waals surface area contributed by atoms with Gasteiger partial charge in [0.15, 0.2) is 0 Å². The van der Waals surface area contributed by atoms with Crippen LogP contribution in [0.15, 0.2) is 29.6 Å². The summed E-state index contributed by atoms with van der Waals surface area (Å²) >= 11 is 1.59. The second-order valence-corrected chi connectivity index (χ2v) is 6.48. The predicted octanol–water partition coefficient (Wildman–Crippen LogP) is 3.36. The van der Waals surface area contributed by atoms with E-state index in [4.69, 9.17) is 0 Å². The van der Waals surface area contributed by atoms with Crippen LogP contribution in [0.5, 0.6) is 0 Å². The van der Waals surface area contributed by atoms with Crippen LogP contribution in [0.25, 0.3) is 11.3 Å². The second-order valence-electron chi connectivity index (χ2n) is 5.54. The molecule has 2 N–H and O–H groups in total. The monoisotopic (exact) mass is 360 g/mol. The number of nitrogens with one attached hydrogen (secondary N) is 2.